The van der Waals surface area contributed by atoms with Crippen LogP contribution >= 0.6 is 11.6 Å². The summed E-state index contributed by atoms with van der Waals surface area (Å²) in [6.45, 7) is 2.10. The van der Waals surface area contributed by atoms with Crippen molar-refractivity contribution in [3.05, 3.63) is 82.1 Å². The lowest BCUT2D eigenvalue weighted by Crippen LogP contribution is -2.25. The summed E-state index contributed by atoms with van der Waals surface area (Å²) in [4.78, 5) is 36.6. The van der Waals surface area contributed by atoms with E-state index in [9.17, 15) is 14.4 Å². The Hall–Kier alpha value is -4.17. The number of hydrogen-bond donors (Lipinski definition) is 4. The van der Waals surface area contributed by atoms with E-state index in [0.717, 1.165) is 12.8 Å². The Labute approximate surface area is 212 Å². The van der Waals surface area contributed by atoms with Crippen molar-refractivity contribution in [3.63, 3.8) is 0 Å². The lowest BCUT2D eigenvalue weighted by Gasteiger charge is -2.09. The molecule has 1 saturated carbocycles. The molecular weight excluding hydrogens is 482 g/mol. The van der Waals surface area contributed by atoms with Crippen LogP contribution in [0.3, 0.4) is 0 Å². The van der Waals surface area contributed by atoms with Gasteiger partial charge in [-0.1, -0.05) is 17.7 Å². The van der Waals surface area contributed by atoms with E-state index in [-0.39, 0.29) is 22.8 Å². The highest BCUT2D eigenvalue weighted by atomic mass is 35.5. The monoisotopic (exact) mass is 505 g/mol. The second-order valence-corrected chi connectivity index (χ2v) is 8.98. The molecule has 0 aliphatic heterocycles. The largest absolute Gasteiger partial charge is 0.478 e. The molecule has 4 rings (SSSR count). The second kappa shape index (κ2) is 10.6. The molecule has 8 nitrogen and oxygen atoms in total. The molecule has 0 spiro atoms. The van der Waals surface area contributed by atoms with Gasteiger partial charge in [-0.3, -0.25) is 9.59 Å². The van der Waals surface area contributed by atoms with E-state index in [1.54, 1.807) is 36.4 Å². The van der Waals surface area contributed by atoms with Crippen molar-refractivity contribution in [1.29, 1.82) is 5.41 Å². The lowest BCUT2D eigenvalue weighted by molar-refractivity contribution is -0.112. The van der Waals surface area contributed by atoms with E-state index in [2.05, 4.69) is 10.6 Å². The second-order valence-electron chi connectivity index (χ2n) is 8.57. The van der Waals surface area contributed by atoms with Crippen molar-refractivity contribution < 1.29 is 23.9 Å². The van der Waals surface area contributed by atoms with Gasteiger partial charge >= 0.3 is 5.97 Å². The molecule has 0 bridgehead atoms. The Bertz CT molecular complexity index is 1390. The predicted molar refractivity (Wildman–Crippen MR) is 138 cm³/mol. The fourth-order valence-corrected chi connectivity index (χ4v) is 3.71. The highest BCUT2D eigenvalue weighted by Crippen LogP contribution is 2.30. The molecule has 3 aromatic rings. The molecule has 0 radical (unpaired) electrons. The van der Waals surface area contributed by atoms with E-state index in [0.29, 0.717) is 45.8 Å². The van der Waals surface area contributed by atoms with Gasteiger partial charge in [0, 0.05) is 23.5 Å². The molecule has 1 aliphatic rings. The maximum absolute atomic E-state index is 12.8. The number of carbonyl (C=O) groups is 3. The number of hydrogen-bond acceptors (Lipinski definition) is 5. The molecule has 2 amide bonds. The van der Waals surface area contributed by atoms with Crippen molar-refractivity contribution in [2.24, 2.45) is 5.92 Å². The van der Waals surface area contributed by atoms with Gasteiger partial charge in [0.25, 0.3) is 11.8 Å². The predicted octanol–water partition coefficient (Wildman–Crippen LogP) is 5.50. The van der Waals surface area contributed by atoms with Gasteiger partial charge in [0.1, 0.15) is 11.5 Å². The molecule has 4 N–H and O–H groups in total. The van der Waals surface area contributed by atoms with Crippen LogP contribution in [0, 0.1) is 11.3 Å². The van der Waals surface area contributed by atoms with Gasteiger partial charge < -0.3 is 25.6 Å². The Morgan fingerprint density at radius 2 is 1.92 bits per heavy atom. The summed E-state index contributed by atoms with van der Waals surface area (Å²) in [7, 11) is 0. The van der Waals surface area contributed by atoms with Crippen LogP contribution < -0.4 is 10.6 Å². The van der Waals surface area contributed by atoms with E-state index < -0.39 is 11.9 Å². The van der Waals surface area contributed by atoms with Crippen molar-refractivity contribution in [1.82, 2.24) is 5.32 Å². The summed E-state index contributed by atoms with van der Waals surface area (Å²) in [5.41, 5.74) is 1.36. The summed E-state index contributed by atoms with van der Waals surface area (Å²) in [5.74, 6) is -0.601. The van der Waals surface area contributed by atoms with E-state index >= 15 is 0 Å². The van der Waals surface area contributed by atoms with Crippen LogP contribution in [0.4, 0.5) is 5.69 Å². The Kier molecular flexibility index (Phi) is 7.36. The molecular formula is C27H24ClN3O5. The molecule has 0 saturated heterocycles. The first-order valence-electron chi connectivity index (χ1n) is 11.3. The third-order valence-corrected chi connectivity index (χ3v) is 6.00. The molecule has 1 aromatic heterocycles. The fraction of sp³-hybridized carbons (Fsp3) is 0.185. The van der Waals surface area contributed by atoms with Crippen molar-refractivity contribution in [2.75, 3.05) is 11.9 Å². The lowest BCUT2D eigenvalue weighted by atomic mass is 10.1. The maximum atomic E-state index is 12.8. The van der Waals surface area contributed by atoms with Gasteiger partial charge in [0.05, 0.1) is 21.7 Å². The van der Waals surface area contributed by atoms with Crippen molar-refractivity contribution >= 4 is 46.9 Å². The van der Waals surface area contributed by atoms with E-state index in [1.165, 1.54) is 31.2 Å². The number of furan rings is 1. The summed E-state index contributed by atoms with van der Waals surface area (Å²) in [6, 6.07) is 14.2. The number of rotatable bonds is 9. The van der Waals surface area contributed by atoms with Gasteiger partial charge in [-0.2, -0.15) is 0 Å². The Balaban J connectivity index is 1.53. The average molecular weight is 506 g/mol. The molecule has 0 unspecified atom stereocenters. The zero-order chi connectivity index (χ0) is 25.8. The molecule has 0 atom stereocenters. The molecule has 1 heterocycles. The SMILES string of the molecule is CC(=N)/C(=C/c1ccc(-c2ccc(Cl)c(C(=O)NCC3CC3)c2)o1)C(=O)Nc1cccc(C(=O)O)c1. The van der Waals surface area contributed by atoms with Crippen LogP contribution in [0.25, 0.3) is 17.4 Å². The topological polar surface area (TPSA) is 132 Å². The first-order valence-corrected chi connectivity index (χ1v) is 11.7. The molecule has 9 heteroatoms. The highest BCUT2D eigenvalue weighted by molar-refractivity contribution is 6.34. The van der Waals surface area contributed by atoms with Crippen molar-refractivity contribution in [2.45, 2.75) is 19.8 Å². The molecule has 1 aliphatic carbocycles. The van der Waals surface area contributed by atoms with Gasteiger partial charge in [0.15, 0.2) is 0 Å². The number of benzene rings is 2. The smallest absolute Gasteiger partial charge is 0.335 e. The summed E-state index contributed by atoms with van der Waals surface area (Å²) in [5, 5.41) is 23.0. The van der Waals surface area contributed by atoms with Crippen LogP contribution in [0.2, 0.25) is 5.02 Å². The van der Waals surface area contributed by atoms with Crippen LogP contribution in [-0.4, -0.2) is 35.1 Å². The van der Waals surface area contributed by atoms with E-state index in [4.69, 9.17) is 26.5 Å². The van der Waals surface area contributed by atoms with Gasteiger partial charge in [-0.15, -0.1) is 0 Å². The van der Waals surface area contributed by atoms with Crippen LogP contribution in [0.1, 0.15) is 46.2 Å². The number of aromatic carboxylic acids is 1. The summed E-state index contributed by atoms with van der Waals surface area (Å²) >= 11 is 6.25. The quantitative estimate of drug-likeness (QED) is 0.225. The first-order chi connectivity index (χ1) is 17.2. The first kappa shape index (κ1) is 24.9. The number of nitrogens with one attached hydrogen (secondary N) is 3. The van der Waals surface area contributed by atoms with Crippen LogP contribution in [0.15, 0.2) is 64.6 Å². The zero-order valence-electron chi connectivity index (χ0n) is 19.4. The van der Waals surface area contributed by atoms with Gasteiger partial charge in [-0.05, 0) is 80.3 Å². The maximum Gasteiger partial charge on any atom is 0.335 e. The number of carboxylic acid groups (broad SMARTS) is 1. The third kappa shape index (κ3) is 6.09. The third-order valence-electron chi connectivity index (χ3n) is 5.67. The van der Waals surface area contributed by atoms with Gasteiger partial charge in [-0.25, -0.2) is 4.79 Å². The summed E-state index contributed by atoms with van der Waals surface area (Å²) in [6.07, 6.45) is 3.68. The number of amides is 2. The van der Waals surface area contributed by atoms with Crippen molar-refractivity contribution in [3.8, 4) is 11.3 Å². The fourth-order valence-electron chi connectivity index (χ4n) is 3.51. The van der Waals surface area contributed by atoms with Crippen LogP contribution in [-0.2, 0) is 4.79 Å². The number of anilines is 1. The Morgan fingerprint density at radius 1 is 1.14 bits per heavy atom. The molecule has 184 valence electrons. The molecule has 36 heavy (non-hydrogen) atoms. The number of carboxylic acids is 1. The van der Waals surface area contributed by atoms with Crippen LogP contribution in [0.5, 0.6) is 0 Å². The highest BCUT2D eigenvalue weighted by Gasteiger charge is 2.23. The normalized spacial score (nSPS) is 13.2. The number of halogens is 1. The van der Waals surface area contributed by atoms with Gasteiger partial charge in [0.2, 0.25) is 0 Å². The minimum absolute atomic E-state index is 0.000882. The minimum Gasteiger partial charge on any atom is -0.478 e. The zero-order valence-corrected chi connectivity index (χ0v) is 20.2. The van der Waals surface area contributed by atoms with E-state index in [1.807, 2.05) is 0 Å². The number of carbonyl (C=O) groups excluding carboxylic acids is 2. The Morgan fingerprint density at radius 3 is 2.61 bits per heavy atom. The molecule has 2 aromatic carbocycles. The average Bonchev–Trinajstić information content (AvgIpc) is 3.56. The summed E-state index contributed by atoms with van der Waals surface area (Å²) < 4.78 is 5.88. The minimum atomic E-state index is -1.11. The standard InChI is InChI=1S/C27H24ClN3O5/c1-15(29)21(26(33)31-19-4-2-3-18(11-19)27(34)35)13-20-8-10-24(36-20)17-7-9-23(28)22(12-17)25(32)30-14-16-5-6-16/h2-4,7-13,16,29H,5-6,14H2,1H3,(H,30,32)(H,31,33)(H,34,35)/b21-13-,29-15?. The molecule has 1 fully saturated rings.